The number of hydrogen-bond acceptors (Lipinski definition) is 2. The van der Waals surface area contributed by atoms with Gasteiger partial charge < -0.3 is 9.90 Å². The molecule has 9 heavy (non-hydrogen) atoms. The lowest BCUT2D eigenvalue weighted by molar-refractivity contribution is -0.297. The largest absolute Gasteiger partial charge is 0.545 e. The Kier molecular flexibility index (Phi) is 2.76. The van der Waals surface area contributed by atoms with Crippen molar-refractivity contribution in [1.82, 2.24) is 0 Å². The molecule has 0 aromatic carbocycles. The molecule has 0 amide bonds. The zero-order chi connectivity index (χ0) is 7.49. The molecule has 0 spiro atoms. The third-order valence-electron chi connectivity index (χ3n) is 0.408. The minimum absolute atomic E-state index is 0.183. The number of rotatable bonds is 2. The van der Waals surface area contributed by atoms with E-state index in [2.05, 4.69) is 0 Å². The maximum Gasteiger partial charge on any atom is 0.320 e. The smallest absolute Gasteiger partial charge is 0.320 e. The topological polar surface area (TPSA) is 40.1 Å². The molecule has 0 saturated carbocycles. The van der Waals surface area contributed by atoms with Gasteiger partial charge in [0.05, 0.1) is 5.97 Å². The lowest BCUT2D eigenvalue weighted by atomic mass is 10.5. The highest BCUT2D eigenvalue weighted by Crippen LogP contribution is 2.22. The predicted octanol–water partition coefficient (Wildman–Crippen LogP) is 0.280. The molecule has 52 valence electrons. The number of aliphatic carboxylic acids is 1. The Bertz CT molecular complexity index is 138. The highest BCUT2D eigenvalue weighted by molar-refractivity contribution is 9.10. The van der Waals surface area contributed by atoms with Crippen molar-refractivity contribution in [3.8, 4) is 0 Å². The fraction of sp³-hybridized carbons (Fsp3) is 0.250. The Labute approximate surface area is 58.3 Å². The van der Waals surface area contributed by atoms with Crippen LogP contribution in [0.15, 0.2) is 12.2 Å². The van der Waals surface area contributed by atoms with Crippen molar-refractivity contribution in [1.29, 1.82) is 0 Å². The van der Waals surface area contributed by atoms with Crippen LogP contribution >= 0.6 is 15.9 Å². The average Bonchev–Trinajstić information content (AvgIpc) is 1.59. The van der Waals surface area contributed by atoms with Gasteiger partial charge in [-0.05, 0) is 28.1 Å². The molecular weight excluding hydrogens is 198 g/mol. The maximum absolute atomic E-state index is 11.6. The van der Waals surface area contributed by atoms with E-state index in [-0.39, 0.29) is 12.2 Å². The van der Waals surface area contributed by atoms with Crippen LogP contribution in [0.5, 0.6) is 0 Å². The molecule has 0 aliphatic heterocycles. The molecule has 0 bridgehead atoms. The Morgan fingerprint density at radius 1 is 1.67 bits per heavy atom. The number of alkyl halides is 3. The number of carboxylic acid groups (broad SMARTS) is 1. The van der Waals surface area contributed by atoms with Crippen LogP contribution in [0.25, 0.3) is 0 Å². The standard InChI is InChI=1S/C4H3BrF2O2/c5-4(6,7)2-1-3(8)9/h1-2H,(H,8,9)/p-1. The van der Waals surface area contributed by atoms with Crippen molar-refractivity contribution in [2.24, 2.45) is 0 Å². The SMILES string of the molecule is O=C([O-])C=CC(F)(F)Br. The van der Waals surface area contributed by atoms with Gasteiger partial charge in [0, 0.05) is 0 Å². The number of carbonyl (C=O) groups is 1. The molecule has 0 unspecified atom stereocenters. The molecule has 0 aromatic heterocycles. The quantitative estimate of drug-likeness (QED) is 0.474. The van der Waals surface area contributed by atoms with Crippen LogP contribution in [0.2, 0.25) is 0 Å². The van der Waals surface area contributed by atoms with Gasteiger partial charge in [0.15, 0.2) is 0 Å². The van der Waals surface area contributed by atoms with Crippen molar-refractivity contribution in [2.75, 3.05) is 0 Å². The van der Waals surface area contributed by atoms with Crippen molar-refractivity contribution in [3.63, 3.8) is 0 Å². The van der Waals surface area contributed by atoms with E-state index in [0.717, 1.165) is 0 Å². The highest BCUT2D eigenvalue weighted by Gasteiger charge is 2.17. The molecule has 5 heteroatoms. The van der Waals surface area contributed by atoms with Gasteiger partial charge in [0.2, 0.25) is 0 Å². The second-order valence-electron chi connectivity index (χ2n) is 1.19. The summed E-state index contributed by atoms with van der Waals surface area (Å²) >= 11 is 1.90. The number of halogens is 3. The molecular formula is C4H2BrF2O2-. The Morgan fingerprint density at radius 2 is 2.11 bits per heavy atom. The number of allylic oxidation sites excluding steroid dienone is 1. The fourth-order valence-electron chi connectivity index (χ4n) is 0.163. The summed E-state index contributed by atoms with van der Waals surface area (Å²) in [7, 11) is 0. The molecule has 0 saturated heterocycles. The van der Waals surface area contributed by atoms with E-state index in [0.29, 0.717) is 0 Å². The maximum atomic E-state index is 11.6. The molecule has 0 aliphatic rings. The first-order valence-corrected chi connectivity index (χ1v) is 2.68. The molecule has 0 aliphatic carbocycles. The molecule has 0 aromatic rings. The van der Waals surface area contributed by atoms with E-state index in [1.54, 1.807) is 0 Å². The van der Waals surface area contributed by atoms with E-state index in [1.165, 1.54) is 0 Å². The van der Waals surface area contributed by atoms with Gasteiger partial charge in [0.25, 0.3) is 0 Å². The first-order valence-electron chi connectivity index (χ1n) is 1.89. The van der Waals surface area contributed by atoms with Crippen molar-refractivity contribution < 1.29 is 18.7 Å². The van der Waals surface area contributed by atoms with Crippen molar-refractivity contribution >= 4 is 21.9 Å². The molecule has 0 atom stereocenters. The van der Waals surface area contributed by atoms with Gasteiger partial charge >= 0.3 is 4.83 Å². The summed E-state index contributed by atoms with van der Waals surface area (Å²) in [6, 6.07) is 0. The normalized spacial score (nSPS) is 12.3. The fourth-order valence-corrected chi connectivity index (χ4v) is 0.295. The highest BCUT2D eigenvalue weighted by atomic mass is 79.9. The Balaban J connectivity index is 3.86. The van der Waals surface area contributed by atoms with Crippen LogP contribution in [0, 0.1) is 0 Å². The van der Waals surface area contributed by atoms with E-state index >= 15 is 0 Å². The van der Waals surface area contributed by atoms with Gasteiger partial charge in [-0.15, -0.1) is 0 Å². The lowest BCUT2D eigenvalue weighted by Crippen LogP contribution is -2.19. The third-order valence-corrected chi connectivity index (χ3v) is 0.673. The summed E-state index contributed by atoms with van der Waals surface area (Å²) in [5, 5.41) is 9.49. The molecule has 0 fully saturated rings. The first kappa shape index (κ1) is 8.55. The Morgan fingerprint density at radius 3 is 2.22 bits per heavy atom. The van der Waals surface area contributed by atoms with Crippen LogP contribution in [-0.4, -0.2) is 10.8 Å². The number of carbonyl (C=O) groups excluding carboxylic acids is 1. The molecule has 0 rings (SSSR count). The summed E-state index contributed by atoms with van der Waals surface area (Å²) in [5.41, 5.74) is 0. The number of hydrogen-bond donors (Lipinski definition) is 0. The number of carboxylic acids is 1. The van der Waals surface area contributed by atoms with E-state index < -0.39 is 10.8 Å². The lowest BCUT2D eigenvalue weighted by Gasteiger charge is -1.98. The van der Waals surface area contributed by atoms with E-state index in [1.807, 2.05) is 15.9 Å². The second-order valence-corrected chi connectivity index (χ2v) is 2.25. The van der Waals surface area contributed by atoms with Crippen LogP contribution in [0.4, 0.5) is 8.78 Å². The first-order chi connectivity index (χ1) is 3.92. The molecule has 0 radical (unpaired) electrons. The average molecular weight is 200 g/mol. The monoisotopic (exact) mass is 199 g/mol. The molecule has 0 heterocycles. The van der Waals surface area contributed by atoms with Crippen LogP contribution < -0.4 is 5.11 Å². The van der Waals surface area contributed by atoms with Crippen molar-refractivity contribution in [3.05, 3.63) is 12.2 Å². The Hall–Kier alpha value is -0.450. The summed E-state index contributed by atoms with van der Waals surface area (Å²) in [6.07, 6.45) is 0.442. The van der Waals surface area contributed by atoms with Gasteiger partial charge in [0.1, 0.15) is 0 Å². The van der Waals surface area contributed by atoms with E-state index in [4.69, 9.17) is 0 Å². The van der Waals surface area contributed by atoms with Crippen LogP contribution in [0.3, 0.4) is 0 Å². The zero-order valence-electron chi connectivity index (χ0n) is 4.11. The minimum Gasteiger partial charge on any atom is -0.545 e. The van der Waals surface area contributed by atoms with Gasteiger partial charge in [-0.1, -0.05) is 0 Å². The van der Waals surface area contributed by atoms with E-state index in [9.17, 15) is 18.7 Å². The third kappa shape index (κ3) is 7.55. The molecule has 0 N–H and O–H groups in total. The molecule has 2 nitrogen and oxygen atoms in total. The predicted molar refractivity (Wildman–Crippen MR) is 28.0 cm³/mol. The second kappa shape index (κ2) is 2.91. The van der Waals surface area contributed by atoms with Crippen LogP contribution in [0.1, 0.15) is 0 Å². The summed E-state index contributed by atoms with van der Waals surface area (Å²) < 4.78 is 23.2. The van der Waals surface area contributed by atoms with Gasteiger partial charge in [-0.2, -0.15) is 8.78 Å². The van der Waals surface area contributed by atoms with Crippen LogP contribution in [-0.2, 0) is 4.79 Å². The summed E-state index contributed by atoms with van der Waals surface area (Å²) in [4.78, 5) is 6.24. The minimum atomic E-state index is -3.26. The van der Waals surface area contributed by atoms with Gasteiger partial charge in [-0.3, -0.25) is 0 Å². The summed E-state index contributed by atoms with van der Waals surface area (Å²) in [6.45, 7) is 0. The van der Waals surface area contributed by atoms with Gasteiger partial charge in [-0.25, -0.2) is 0 Å². The summed E-state index contributed by atoms with van der Waals surface area (Å²) in [5.74, 6) is -1.64. The van der Waals surface area contributed by atoms with Crippen molar-refractivity contribution in [2.45, 2.75) is 4.83 Å². The zero-order valence-corrected chi connectivity index (χ0v) is 5.69.